The molecule has 1 aliphatic carbocycles. The van der Waals surface area contributed by atoms with E-state index in [1.807, 2.05) is 36.4 Å². The van der Waals surface area contributed by atoms with Crippen LogP contribution in [0.15, 0.2) is 42.5 Å². The van der Waals surface area contributed by atoms with Gasteiger partial charge >= 0.3 is 5.97 Å². The molecule has 2 aromatic carbocycles. The van der Waals surface area contributed by atoms with Crippen LogP contribution in [0.1, 0.15) is 37.3 Å². The van der Waals surface area contributed by atoms with Crippen LogP contribution in [0.3, 0.4) is 0 Å². The fourth-order valence-corrected chi connectivity index (χ4v) is 3.12. The van der Waals surface area contributed by atoms with E-state index in [4.69, 9.17) is 0 Å². The third-order valence-electron chi connectivity index (χ3n) is 4.37. The van der Waals surface area contributed by atoms with Gasteiger partial charge in [0.2, 0.25) is 5.91 Å². The van der Waals surface area contributed by atoms with Gasteiger partial charge in [0.15, 0.2) is 6.04 Å². The standard InChI is InChI=1S/C18H19NO3/c20-17(13-6-2-3-7-13)19-16(18(21)22)15-10-9-12-5-1-4-8-14(12)11-15/h1,4-5,8-11,13,16H,2-3,6-7H2,(H,19,20)(H,21,22). The van der Waals surface area contributed by atoms with Crippen molar-refractivity contribution in [2.45, 2.75) is 31.7 Å². The maximum atomic E-state index is 12.2. The van der Waals surface area contributed by atoms with Crippen LogP contribution in [0.5, 0.6) is 0 Å². The lowest BCUT2D eigenvalue weighted by Gasteiger charge is -2.18. The smallest absolute Gasteiger partial charge is 0.330 e. The van der Waals surface area contributed by atoms with Gasteiger partial charge in [-0.3, -0.25) is 4.79 Å². The Labute approximate surface area is 129 Å². The minimum Gasteiger partial charge on any atom is -0.479 e. The molecule has 3 rings (SSSR count). The Morgan fingerprint density at radius 3 is 2.41 bits per heavy atom. The normalized spacial score (nSPS) is 16.5. The summed E-state index contributed by atoms with van der Waals surface area (Å²) in [7, 11) is 0. The molecule has 0 saturated heterocycles. The zero-order valence-corrected chi connectivity index (χ0v) is 12.3. The van der Waals surface area contributed by atoms with Gasteiger partial charge in [-0.05, 0) is 35.2 Å². The van der Waals surface area contributed by atoms with Crippen molar-refractivity contribution in [2.24, 2.45) is 5.92 Å². The molecule has 0 heterocycles. The minimum atomic E-state index is -1.03. The maximum Gasteiger partial charge on any atom is 0.330 e. The van der Waals surface area contributed by atoms with Gasteiger partial charge in [-0.25, -0.2) is 4.79 Å². The molecule has 0 aromatic heterocycles. The Kier molecular flexibility index (Phi) is 4.09. The van der Waals surface area contributed by atoms with E-state index in [0.29, 0.717) is 5.56 Å². The summed E-state index contributed by atoms with van der Waals surface area (Å²) in [5.74, 6) is -1.21. The highest BCUT2D eigenvalue weighted by Gasteiger charge is 2.28. The van der Waals surface area contributed by atoms with Crippen molar-refractivity contribution in [2.75, 3.05) is 0 Å². The van der Waals surface area contributed by atoms with Gasteiger partial charge in [-0.1, -0.05) is 49.2 Å². The van der Waals surface area contributed by atoms with E-state index in [0.717, 1.165) is 36.5 Å². The molecule has 2 N–H and O–H groups in total. The van der Waals surface area contributed by atoms with E-state index in [1.165, 1.54) is 0 Å². The van der Waals surface area contributed by atoms with Crippen molar-refractivity contribution < 1.29 is 14.7 Å². The molecule has 4 nitrogen and oxygen atoms in total. The third kappa shape index (κ3) is 2.96. The molecular weight excluding hydrogens is 278 g/mol. The van der Waals surface area contributed by atoms with E-state index in [9.17, 15) is 14.7 Å². The van der Waals surface area contributed by atoms with Gasteiger partial charge in [0, 0.05) is 5.92 Å². The number of carbonyl (C=O) groups is 2. The fourth-order valence-electron chi connectivity index (χ4n) is 3.12. The minimum absolute atomic E-state index is 0.0395. The van der Waals surface area contributed by atoms with E-state index >= 15 is 0 Å². The van der Waals surface area contributed by atoms with Crippen molar-refractivity contribution in [1.82, 2.24) is 5.32 Å². The van der Waals surface area contributed by atoms with E-state index in [-0.39, 0.29) is 11.8 Å². The molecular formula is C18H19NO3. The number of benzene rings is 2. The molecule has 4 heteroatoms. The van der Waals surface area contributed by atoms with E-state index in [1.54, 1.807) is 6.07 Å². The monoisotopic (exact) mass is 297 g/mol. The molecule has 0 aliphatic heterocycles. The molecule has 0 radical (unpaired) electrons. The van der Waals surface area contributed by atoms with E-state index < -0.39 is 12.0 Å². The lowest BCUT2D eigenvalue weighted by molar-refractivity contribution is -0.142. The van der Waals surface area contributed by atoms with Crippen molar-refractivity contribution in [3.8, 4) is 0 Å². The Balaban J connectivity index is 1.85. The lowest BCUT2D eigenvalue weighted by atomic mass is 10.0. The van der Waals surface area contributed by atoms with Crippen molar-refractivity contribution in [3.05, 3.63) is 48.0 Å². The molecule has 1 saturated carbocycles. The summed E-state index contributed by atoms with van der Waals surface area (Å²) in [4.78, 5) is 23.8. The second-order valence-corrected chi connectivity index (χ2v) is 5.87. The van der Waals surface area contributed by atoms with Gasteiger partial charge in [-0.15, -0.1) is 0 Å². The zero-order valence-electron chi connectivity index (χ0n) is 12.3. The summed E-state index contributed by atoms with van der Waals surface area (Å²) in [6.45, 7) is 0. The number of rotatable bonds is 4. The fraction of sp³-hybridized carbons (Fsp3) is 0.333. The molecule has 1 aliphatic rings. The van der Waals surface area contributed by atoms with Gasteiger partial charge < -0.3 is 10.4 Å². The van der Waals surface area contributed by atoms with Gasteiger partial charge in [0.1, 0.15) is 0 Å². The first-order valence-electron chi connectivity index (χ1n) is 7.67. The number of fused-ring (bicyclic) bond motifs is 1. The van der Waals surface area contributed by atoms with Crippen LogP contribution < -0.4 is 5.32 Å². The lowest BCUT2D eigenvalue weighted by Crippen LogP contribution is -2.37. The molecule has 0 spiro atoms. The number of carbonyl (C=O) groups excluding carboxylic acids is 1. The molecule has 0 bridgehead atoms. The number of hydrogen-bond donors (Lipinski definition) is 2. The van der Waals surface area contributed by atoms with E-state index in [2.05, 4.69) is 5.32 Å². The van der Waals surface area contributed by atoms with Crippen molar-refractivity contribution in [1.29, 1.82) is 0 Å². The predicted molar refractivity (Wildman–Crippen MR) is 84.4 cm³/mol. The average molecular weight is 297 g/mol. The SMILES string of the molecule is O=C(NC(C(=O)O)c1ccc2ccccc2c1)C1CCCC1. The van der Waals surface area contributed by atoms with Crippen LogP contribution in [0.4, 0.5) is 0 Å². The average Bonchev–Trinajstić information content (AvgIpc) is 3.06. The Hall–Kier alpha value is -2.36. The van der Waals surface area contributed by atoms with Gasteiger partial charge in [0.05, 0.1) is 0 Å². The number of nitrogens with one attached hydrogen (secondary N) is 1. The Morgan fingerprint density at radius 1 is 1.05 bits per heavy atom. The predicted octanol–water partition coefficient (Wildman–Crippen LogP) is 3.27. The molecule has 1 atom stereocenters. The highest BCUT2D eigenvalue weighted by molar-refractivity contribution is 5.88. The number of aliphatic carboxylic acids is 1. The van der Waals surface area contributed by atoms with Crippen LogP contribution in [-0.2, 0) is 9.59 Å². The highest BCUT2D eigenvalue weighted by atomic mass is 16.4. The summed E-state index contributed by atoms with van der Waals surface area (Å²) in [6, 6.07) is 12.3. The summed E-state index contributed by atoms with van der Waals surface area (Å²) in [6.07, 6.45) is 3.81. The number of amides is 1. The second-order valence-electron chi connectivity index (χ2n) is 5.87. The highest BCUT2D eigenvalue weighted by Crippen LogP contribution is 2.26. The first-order chi connectivity index (χ1) is 10.6. The second kappa shape index (κ2) is 6.18. The van der Waals surface area contributed by atoms with Crippen molar-refractivity contribution >= 4 is 22.6 Å². The van der Waals surface area contributed by atoms with Crippen LogP contribution >= 0.6 is 0 Å². The van der Waals surface area contributed by atoms with Crippen LogP contribution in [0.25, 0.3) is 10.8 Å². The molecule has 22 heavy (non-hydrogen) atoms. The first kappa shape index (κ1) is 14.6. The number of carboxylic acids is 1. The van der Waals surface area contributed by atoms with Crippen LogP contribution in [0.2, 0.25) is 0 Å². The number of hydrogen-bond acceptors (Lipinski definition) is 2. The topological polar surface area (TPSA) is 66.4 Å². The van der Waals surface area contributed by atoms with Gasteiger partial charge in [-0.2, -0.15) is 0 Å². The summed E-state index contributed by atoms with van der Waals surface area (Å²) in [5.41, 5.74) is 0.609. The van der Waals surface area contributed by atoms with Crippen LogP contribution in [0, 0.1) is 5.92 Å². The summed E-state index contributed by atoms with van der Waals surface area (Å²) >= 11 is 0. The Bertz CT molecular complexity index is 704. The largest absolute Gasteiger partial charge is 0.479 e. The van der Waals surface area contributed by atoms with Gasteiger partial charge in [0.25, 0.3) is 0 Å². The summed E-state index contributed by atoms with van der Waals surface area (Å²) < 4.78 is 0. The molecule has 114 valence electrons. The van der Waals surface area contributed by atoms with Crippen LogP contribution in [-0.4, -0.2) is 17.0 Å². The summed E-state index contributed by atoms with van der Waals surface area (Å²) in [5, 5.41) is 14.2. The molecule has 1 amide bonds. The van der Waals surface area contributed by atoms with Crippen molar-refractivity contribution in [3.63, 3.8) is 0 Å². The molecule has 2 aromatic rings. The Morgan fingerprint density at radius 2 is 1.73 bits per heavy atom. The molecule has 1 unspecified atom stereocenters. The third-order valence-corrected chi connectivity index (χ3v) is 4.37. The molecule has 1 fully saturated rings. The number of carboxylic acid groups (broad SMARTS) is 1. The quantitative estimate of drug-likeness (QED) is 0.910. The zero-order chi connectivity index (χ0) is 15.5. The first-order valence-corrected chi connectivity index (χ1v) is 7.67. The maximum absolute atomic E-state index is 12.2.